The zero-order valence-electron chi connectivity index (χ0n) is 19.6. The van der Waals surface area contributed by atoms with Crippen molar-refractivity contribution in [1.82, 2.24) is 9.88 Å². The van der Waals surface area contributed by atoms with Gasteiger partial charge in [-0.25, -0.2) is 4.79 Å². The number of hydrogen-bond acceptors (Lipinski definition) is 6. The maximum Gasteiger partial charge on any atom is 0.340 e. The Morgan fingerprint density at radius 1 is 1.06 bits per heavy atom. The number of amides is 2. The Kier molecular flexibility index (Phi) is 6.88. The summed E-state index contributed by atoms with van der Waals surface area (Å²) in [5, 5.41) is 6.19. The van der Waals surface area contributed by atoms with E-state index in [9.17, 15) is 14.4 Å². The standard InChI is InChI=1S/C26H28N4O4/c1-4-23(25(32)28-18-11-9-17(10-12-18)27-16(2)31)34-26(33)24-19-7-5-6-8-21(19)29-22-13-14-30(3)15-20(22)24/h5-12,23H,4,13-15H2,1-3H3,(H,27,31)(H,28,32). The van der Waals surface area contributed by atoms with Crippen molar-refractivity contribution >= 4 is 40.1 Å². The highest BCUT2D eigenvalue weighted by Crippen LogP contribution is 2.29. The smallest absolute Gasteiger partial charge is 0.340 e. The number of nitrogens with one attached hydrogen (secondary N) is 2. The van der Waals surface area contributed by atoms with Gasteiger partial charge in [-0.3, -0.25) is 14.6 Å². The number of ether oxygens (including phenoxy) is 1. The number of carbonyl (C=O) groups is 3. The zero-order valence-corrected chi connectivity index (χ0v) is 19.6. The molecule has 0 bridgehead atoms. The summed E-state index contributed by atoms with van der Waals surface area (Å²) in [5.74, 6) is -1.10. The fourth-order valence-electron chi connectivity index (χ4n) is 4.13. The molecule has 1 aliphatic heterocycles. The number of anilines is 2. The van der Waals surface area contributed by atoms with Crippen molar-refractivity contribution in [3.63, 3.8) is 0 Å². The minimum atomic E-state index is -0.952. The Bertz CT molecular complexity index is 1240. The van der Waals surface area contributed by atoms with Gasteiger partial charge in [0.25, 0.3) is 5.91 Å². The lowest BCUT2D eigenvalue weighted by Gasteiger charge is -2.27. The second-order valence-electron chi connectivity index (χ2n) is 8.47. The lowest BCUT2D eigenvalue weighted by Crippen LogP contribution is -2.34. The molecule has 0 radical (unpaired) electrons. The number of nitrogens with zero attached hydrogens (tertiary/aromatic N) is 2. The van der Waals surface area contributed by atoms with E-state index >= 15 is 0 Å². The van der Waals surface area contributed by atoms with E-state index in [0.717, 1.165) is 35.1 Å². The molecular formula is C26H28N4O4. The van der Waals surface area contributed by atoms with Crippen LogP contribution in [-0.4, -0.2) is 47.4 Å². The summed E-state index contributed by atoms with van der Waals surface area (Å²) < 4.78 is 5.75. The number of esters is 1. The summed E-state index contributed by atoms with van der Waals surface area (Å²) in [6, 6.07) is 14.3. The van der Waals surface area contributed by atoms with E-state index < -0.39 is 18.0 Å². The topological polar surface area (TPSA) is 101 Å². The fraction of sp³-hybridized carbons (Fsp3) is 0.308. The number of para-hydroxylation sites is 1. The van der Waals surface area contributed by atoms with Gasteiger partial charge < -0.3 is 20.3 Å². The second-order valence-corrected chi connectivity index (χ2v) is 8.47. The minimum absolute atomic E-state index is 0.174. The normalized spacial score (nSPS) is 14.2. The third-order valence-electron chi connectivity index (χ3n) is 5.83. The first-order valence-corrected chi connectivity index (χ1v) is 11.3. The van der Waals surface area contributed by atoms with Crippen LogP contribution in [0.25, 0.3) is 10.9 Å². The van der Waals surface area contributed by atoms with Gasteiger partial charge in [-0.15, -0.1) is 0 Å². The van der Waals surface area contributed by atoms with Crippen LogP contribution in [0.2, 0.25) is 0 Å². The van der Waals surface area contributed by atoms with Crippen molar-refractivity contribution in [3.05, 3.63) is 65.4 Å². The van der Waals surface area contributed by atoms with E-state index in [2.05, 4.69) is 15.5 Å². The molecule has 0 aliphatic carbocycles. The Morgan fingerprint density at radius 2 is 1.74 bits per heavy atom. The molecule has 0 saturated heterocycles. The average molecular weight is 461 g/mol. The molecule has 1 aromatic heterocycles. The average Bonchev–Trinajstić information content (AvgIpc) is 2.81. The minimum Gasteiger partial charge on any atom is -0.449 e. The maximum absolute atomic E-state index is 13.4. The first-order valence-electron chi connectivity index (χ1n) is 11.3. The van der Waals surface area contributed by atoms with Gasteiger partial charge in [0.2, 0.25) is 5.91 Å². The lowest BCUT2D eigenvalue weighted by molar-refractivity contribution is -0.124. The van der Waals surface area contributed by atoms with Gasteiger partial charge in [0.05, 0.1) is 11.1 Å². The Labute approximate surface area is 198 Å². The van der Waals surface area contributed by atoms with Crippen LogP contribution in [0.5, 0.6) is 0 Å². The largest absolute Gasteiger partial charge is 0.449 e. The van der Waals surface area contributed by atoms with Gasteiger partial charge in [0.15, 0.2) is 6.10 Å². The molecule has 1 atom stereocenters. The first kappa shape index (κ1) is 23.4. The highest BCUT2D eigenvalue weighted by Gasteiger charge is 2.28. The Hall–Kier alpha value is -3.78. The van der Waals surface area contributed by atoms with Crippen LogP contribution in [0.1, 0.15) is 41.9 Å². The van der Waals surface area contributed by atoms with E-state index in [4.69, 9.17) is 9.72 Å². The molecule has 2 amide bonds. The van der Waals surface area contributed by atoms with Gasteiger partial charge in [0.1, 0.15) is 0 Å². The summed E-state index contributed by atoms with van der Waals surface area (Å²) in [7, 11) is 2.01. The van der Waals surface area contributed by atoms with Crippen molar-refractivity contribution in [3.8, 4) is 0 Å². The summed E-state index contributed by atoms with van der Waals surface area (Å²) in [4.78, 5) is 44.4. The predicted molar refractivity (Wildman–Crippen MR) is 131 cm³/mol. The van der Waals surface area contributed by atoms with Crippen LogP contribution in [0.15, 0.2) is 48.5 Å². The molecular weight excluding hydrogens is 432 g/mol. The van der Waals surface area contributed by atoms with Crippen LogP contribution in [0, 0.1) is 0 Å². The molecule has 0 spiro atoms. The molecule has 8 heteroatoms. The highest BCUT2D eigenvalue weighted by atomic mass is 16.5. The highest BCUT2D eigenvalue weighted by molar-refractivity contribution is 6.06. The van der Waals surface area contributed by atoms with Crippen molar-refractivity contribution in [1.29, 1.82) is 0 Å². The third kappa shape index (κ3) is 5.07. The number of rotatable bonds is 6. The number of hydrogen-bond donors (Lipinski definition) is 2. The molecule has 2 heterocycles. The molecule has 1 unspecified atom stereocenters. The maximum atomic E-state index is 13.4. The third-order valence-corrected chi connectivity index (χ3v) is 5.83. The number of fused-ring (bicyclic) bond motifs is 2. The lowest BCUT2D eigenvalue weighted by atomic mass is 9.96. The van der Waals surface area contributed by atoms with Gasteiger partial charge in [-0.2, -0.15) is 0 Å². The molecule has 8 nitrogen and oxygen atoms in total. The molecule has 3 aromatic rings. The predicted octanol–water partition coefficient (Wildman–Crippen LogP) is 3.76. The molecule has 1 aliphatic rings. The van der Waals surface area contributed by atoms with Gasteiger partial charge >= 0.3 is 5.97 Å². The van der Waals surface area contributed by atoms with Crippen molar-refractivity contribution < 1.29 is 19.1 Å². The summed E-state index contributed by atoms with van der Waals surface area (Å²) in [6.07, 6.45) is 0.127. The first-order chi connectivity index (χ1) is 16.4. The Morgan fingerprint density at radius 3 is 2.41 bits per heavy atom. The molecule has 2 N–H and O–H groups in total. The second kappa shape index (κ2) is 10.0. The quantitative estimate of drug-likeness (QED) is 0.544. The molecule has 4 rings (SSSR count). The monoisotopic (exact) mass is 460 g/mol. The zero-order chi connectivity index (χ0) is 24.2. The molecule has 0 saturated carbocycles. The molecule has 2 aromatic carbocycles. The summed E-state index contributed by atoms with van der Waals surface area (Å²) in [5.41, 5.74) is 4.17. The van der Waals surface area contributed by atoms with Gasteiger partial charge in [-0.1, -0.05) is 25.1 Å². The number of pyridine rings is 1. The summed E-state index contributed by atoms with van der Waals surface area (Å²) in [6.45, 7) is 4.69. The van der Waals surface area contributed by atoms with Crippen LogP contribution in [-0.2, 0) is 27.3 Å². The summed E-state index contributed by atoms with van der Waals surface area (Å²) >= 11 is 0. The molecule has 176 valence electrons. The van der Waals surface area contributed by atoms with Crippen LogP contribution in [0.4, 0.5) is 11.4 Å². The van der Waals surface area contributed by atoms with E-state index in [1.807, 2.05) is 31.3 Å². The van der Waals surface area contributed by atoms with E-state index in [1.54, 1.807) is 31.2 Å². The van der Waals surface area contributed by atoms with Crippen molar-refractivity contribution in [2.45, 2.75) is 39.3 Å². The molecule has 34 heavy (non-hydrogen) atoms. The van der Waals surface area contributed by atoms with Crippen LogP contribution < -0.4 is 10.6 Å². The van der Waals surface area contributed by atoms with Crippen LogP contribution >= 0.6 is 0 Å². The van der Waals surface area contributed by atoms with Crippen molar-refractivity contribution in [2.75, 3.05) is 24.2 Å². The molecule has 0 fully saturated rings. The van der Waals surface area contributed by atoms with Crippen LogP contribution in [0.3, 0.4) is 0 Å². The van der Waals surface area contributed by atoms with E-state index in [0.29, 0.717) is 29.9 Å². The number of carbonyl (C=O) groups excluding carboxylic acids is 3. The SMILES string of the molecule is CCC(OC(=O)c1c2c(nc3ccccc13)CCN(C)C2)C(=O)Nc1ccc(NC(C)=O)cc1. The Balaban J connectivity index is 1.56. The van der Waals surface area contributed by atoms with E-state index in [-0.39, 0.29) is 5.91 Å². The van der Waals surface area contributed by atoms with E-state index in [1.165, 1.54) is 6.92 Å². The van der Waals surface area contributed by atoms with Gasteiger partial charge in [0, 0.05) is 54.5 Å². The van der Waals surface area contributed by atoms with Crippen molar-refractivity contribution in [2.24, 2.45) is 0 Å². The fourth-order valence-corrected chi connectivity index (χ4v) is 4.13. The number of likely N-dealkylation sites (N-methyl/N-ethyl adjacent to an activating group) is 1. The number of benzene rings is 2. The number of aromatic nitrogens is 1. The van der Waals surface area contributed by atoms with Gasteiger partial charge in [-0.05, 0) is 43.8 Å².